The number of hydrogen-bond donors (Lipinski definition) is 1. The van der Waals surface area contributed by atoms with Gasteiger partial charge in [-0.2, -0.15) is 0 Å². The summed E-state index contributed by atoms with van der Waals surface area (Å²) in [6, 6.07) is 0. The maximum atomic E-state index is 5.65. The van der Waals surface area contributed by atoms with Gasteiger partial charge < -0.3 is 10.1 Å². The minimum absolute atomic E-state index is 0.961. The highest BCUT2D eigenvalue weighted by Gasteiger charge is 1.92. The van der Waals surface area contributed by atoms with Crippen molar-refractivity contribution in [1.29, 1.82) is 0 Å². The van der Waals surface area contributed by atoms with E-state index in [0.717, 1.165) is 19.8 Å². The first kappa shape index (κ1) is 17.9. The zero-order chi connectivity index (χ0) is 13.3. The van der Waals surface area contributed by atoms with E-state index in [-0.39, 0.29) is 0 Å². The number of nitrogens with one attached hydrogen (secondary N) is 1. The van der Waals surface area contributed by atoms with Gasteiger partial charge in [-0.05, 0) is 45.2 Å². The quantitative estimate of drug-likeness (QED) is 0.435. The Morgan fingerprint density at radius 1 is 0.611 bits per heavy atom. The fourth-order valence-electron chi connectivity index (χ4n) is 2.02. The Hall–Kier alpha value is -0.0800. The summed E-state index contributed by atoms with van der Waals surface area (Å²) >= 11 is 0. The molecule has 0 saturated heterocycles. The number of unbranched alkanes of at least 4 members (excludes halogenated alkanes) is 7. The molecular formula is C16H35NO. The second-order valence-electron chi connectivity index (χ2n) is 5.19. The van der Waals surface area contributed by atoms with Gasteiger partial charge in [0.05, 0.1) is 0 Å². The van der Waals surface area contributed by atoms with Gasteiger partial charge in [-0.15, -0.1) is 0 Å². The van der Waals surface area contributed by atoms with Crippen molar-refractivity contribution in [1.82, 2.24) is 5.32 Å². The van der Waals surface area contributed by atoms with Crippen LogP contribution < -0.4 is 5.32 Å². The van der Waals surface area contributed by atoms with Crippen molar-refractivity contribution in [2.24, 2.45) is 0 Å². The predicted octanol–water partition coefficient (Wildman–Crippen LogP) is 4.53. The summed E-state index contributed by atoms with van der Waals surface area (Å²) in [7, 11) is 0. The third-order valence-corrected chi connectivity index (χ3v) is 3.21. The van der Waals surface area contributed by atoms with E-state index in [4.69, 9.17) is 4.74 Å². The molecule has 0 saturated carbocycles. The molecule has 110 valence electrons. The van der Waals surface area contributed by atoms with Gasteiger partial charge in [0.1, 0.15) is 0 Å². The van der Waals surface area contributed by atoms with E-state index in [1.807, 2.05) is 0 Å². The molecule has 0 unspecified atom stereocenters. The summed E-state index contributed by atoms with van der Waals surface area (Å²) in [5.74, 6) is 0. The normalized spacial score (nSPS) is 11.0. The fraction of sp³-hybridized carbons (Fsp3) is 1.00. The first-order valence-electron chi connectivity index (χ1n) is 8.20. The van der Waals surface area contributed by atoms with Crippen molar-refractivity contribution in [3.05, 3.63) is 0 Å². The van der Waals surface area contributed by atoms with Gasteiger partial charge in [0.2, 0.25) is 0 Å². The Labute approximate surface area is 115 Å². The van der Waals surface area contributed by atoms with Gasteiger partial charge >= 0.3 is 0 Å². The maximum Gasteiger partial charge on any atom is 0.0466 e. The molecular weight excluding hydrogens is 222 g/mol. The highest BCUT2D eigenvalue weighted by Crippen LogP contribution is 2.05. The van der Waals surface area contributed by atoms with Gasteiger partial charge in [-0.25, -0.2) is 0 Å². The Morgan fingerprint density at radius 2 is 1.22 bits per heavy atom. The van der Waals surface area contributed by atoms with Crippen molar-refractivity contribution in [2.45, 2.75) is 78.1 Å². The summed E-state index contributed by atoms with van der Waals surface area (Å²) in [6.07, 6.45) is 13.2. The molecule has 0 bridgehead atoms. The molecule has 2 nitrogen and oxygen atoms in total. The van der Waals surface area contributed by atoms with Crippen LogP contribution in [0.1, 0.15) is 78.1 Å². The number of hydrogen-bond acceptors (Lipinski definition) is 2. The third kappa shape index (κ3) is 15.9. The molecule has 0 amide bonds. The summed E-state index contributed by atoms with van der Waals surface area (Å²) in [4.78, 5) is 0. The Morgan fingerprint density at radius 3 is 1.89 bits per heavy atom. The molecule has 0 radical (unpaired) electrons. The summed E-state index contributed by atoms with van der Waals surface area (Å²) in [5.41, 5.74) is 0. The van der Waals surface area contributed by atoms with Gasteiger partial charge in [0, 0.05) is 13.2 Å². The molecule has 18 heavy (non-hydrogen) atoms. The van der Waals surface area contributed by atoms with Gasteiger partial charge in [-0.1, -0.05) is 46.0 Å². The van der Waals surface area contributed by atoms with Crippen molar-refractivity contribution < 1.29 is 4.74 Å². The lowest BCUT2D eigenvalue weighted by Crippen LogP contribution is -2.15. The van der Waals surface area contributed by atoms with E-state index in [1.165, 1.54) is 70.8 Å². The van der Waals surface area contributed by atoms with Crippen molar-refractivity contribution in [2.75, 3.05) is 26.3 Å². The van der Waals surface area contributed by atoms with E-state index in [9.17, 15) is 0 Å². The largest absolute Gasteiger partial charge is 0.381 e. The SMILES string of the molecule is CCCCCCCCOCCCCCNCCC. The minimum Gasteiger partial charge on any atom is -0.381 e. The second kappa shape index (κ2) is 16.9. The van der Waals surface area contributed by atoms with Crippen LogP contribution in [0, 0.1) is 0 Å². The summed E-state index contributed by atoms with van der Waals surface area (Å²) in [6.45, 7) is 8.74. The van der Waals surface area contributed by atoms with Crippen LogP contribution in [0.4, 0.5) is 0 Å². The van der Waals surface area contributed by atoms with Crippen molar-refractivity contribution in [3.8, 4) is 0 Å². The van der Waals surface area contributed by atoms with Crippen LogP contribution in [0.2, 0.25) is 0 Å². The molecule has 0 aliphatic heterocycles. The lowest BCUT2D eigenvalue weighted by Gasteiger charge is -2.05. The third-order valence-electron chi connectivity index (χ3n) is 3.21. The van der Waals surface area contributed by atoms with Crippen LogP contribution in [0.25, 0.3) is 0 Å². The van der Waals surface area contributed by atoms with E-state index in [1.54, 1.807) is 0 Å². The highest BCUT2D eigenvalue weighted by molar-refractivity contribution is 4.48. The summed E-state index contributed by atoms with van der Waals surface area (Å²) < 4.78 is 5.65. The molecule has 0 aliphatic rings. The summed E-state index contributed by atoms with van der Waals surface area (Å²) in [5, 5.41) is 3.43. The van der Waals surface area contributed by atoms with Gasteiger partial charge in [-0.3, -0.25) is 0 Å². The average Bonchev–Trinajstić information content (AvgIpc) is 2.39. The van der Waals surface area contributed by atoms with Crippen molar-refractivity contribution in [3.63, 3.8) is 0 Å². The topological polar surface area (TPSA) is 21.3 Å². The lowest BCUT2D eigenvalue weighted by molar-refractivity contribution is 0.126. The Balaban J connectivity index is 2.86. The van der Waals surface area contributed by atoms with Gasteiger partial charge in [0.15, 0.2) is 0 Å². The fourth-order valence-corrected chi connectivity index (χ4v) is 2.02. The molecule has 0 aliphatic carbocycles. The predicted molar refractivity (Wildman–Crippen MR) is 81.2 cm³/mol. The van der Waals surface area contributed by atoms with Crippen LogP contribution in [0.3, 0.4) is 0 Å². The van der Waals surface area contributed by atoms with E-state index in [2.05, 4.69) is 19.2 Å². The van der Waals surface area contributed by atoms with E-state index < -0.39 is 0 Å². The molecule has 2 heteroatoms. The Bertz CT molecular complexity index is 123. The maximum absolute atomic E-state index is 5.65. The molecule has 1 N–H and O–H groups in total. The smallest absolute Gasteiger partial charge is 0.0466 e. The molecule has 0 aromatic heterocycles. The number of rotatable bonds is 15. The molecule has 0 atom stereocenters. The molecule has 0 fully saturated rings. The van der Waals surface area contributed by atoms with Crippen LogP contribution in [-0.4, -0.2) is 26.3 Å². The Kier molecular flexibility index (Phi) is 16.8. The lowest BCUT2D eigenvalue weighted by atomic mass is 10.1. The monoisotopic (exact) mass is 257 g/mol. The van der Waals surface area contributed by atoms with Gasteiger partial charge in [0.25, 0.3) is 0 Å². The minimum atomic E-state index is 0.961. The molecule has 0 rings (SSSR count). The first-order chi connectivity index (χ1) is 8.91. The molecule has 0 spiro atoms. The standard InChI is InChI=1S/C16H35NO/c1-3-5-6-7-8-11-15-18-16-12-9-10-14-17-13-4-2/h17H,3-16H2,1-2H3. The van der Waals surface area contributed by atoms with E-state index in [0.29, 0.717) is 0 Å². The second-order valence-corrected chi connectivity index (χ2v) is 5.19. The molecule has 0 aromatic rings. The zero-order valence-corrected chi connectivity index (χ0v) is 12.8. The van der Waals surface area contributed by atoms with Crippen LogP contribution in [-0.2, 0) is 4.74 Å². The molecule has 0 aromatic carbocycles. The average molecular weight is 257 g/mol. The van der Waals surface area contributed by atoms with E-state index >= 15 is 0 Å². The first-order valence-corrected chi connectivity index (χ1v) is 8.20. The zero-order valence-electron chi connectivity index (χ0n) is 12.8. The van der Waals surface area contributed by atoms with Crippen LogP contribution in [0.5, 0.6) is 0 Å². The van der Waals surface area contributed by atoms with Crippen LogP contribution in [0.15, 0.2) is 0 Å². The highest BCUT2D eigenvalue weighted by atomic mass is 16.5. The molecule has 0 heterocycles. The number of ether oxygens (including phenoxy) is 1. The van der Waals surface area contributed by atoms with Crippen molar-refractivity contribution >= 4 is 0 Å². The van der Waals surface area contributed by atoms with Crippen LogP contribution >= 0.6 is 0 Å².